The van der Waals surface area contributed by atoms with Crippen molar-refractivity contribution < 1.29 is 19.1 Å². The van der Waals surface area contributed by atoms with Gasteiger partial charge in [0.15, 0.2) is 6.61 Å². The van der Waals surface area contributed by atoms with Crippen molar-refractivity contribution in [2.24, 2.45) is 0 Å². The van der Waals surface area contributed by atoms with Crippen LogP contribution in [0.15, 0.2) is 48.7 Å². The van der Waals surface area contributed by atoms with Crippen LogP contribution >= 0.6 is 0 Å². The number of carbonyl (C=O) groups is 2. The number of aromatic nitrogens is 1. The molecule has 27 heavy (non-hydrogen) atoms. The van der Waals surface area contributed by atoms with Crippen molar-refractivity contribution in [1.29, 1.82) is 0 Å². The highest BCUT2D eigenvalue weighted by Crippen LogP contribution is 2.13. The first kappa shape index (κ1) is 18.8. The Morgan fingerprint density at radius 3 is 2.56 bits per heavy atom. The van der Waals surface area contributed by atoms with Gasteiger partial charge >= 0.3 is 5.97 Å². The topological polar surface area (TPSA) is 72.0 Å². The fraction of sp³-hybridized carbons (Fsp3) is 0.350. The summed E-state index contributed by atoms with van der Waals surface area (Å²) < 4.78 is 10.4. The predicted molar refractivity (Wildman–Crippen MR) is 100 cm³/mol. The van der Waals surface area contributed by atoms with E-state index in [-0.39, 0.29) is 12.5 Å². The minimum atomic E-state index is -0.558. The highest BCUT2D eigenvalue weighted by molar-refractivity contribution is 5.91. The van der Waals surface area contributed by atoms with Crippen LogP contribution in [0.5, 0.6) is 0 Å². The molecule has 142 valence electrons. The van der Waals surface area contributed by atoms with Crippen LogP contribution in [0.25, 0.3) is 0 Å². The number of hydrogen-bond donors (Lipinski definition) is 0. The lowest BCUT2D eigenvalue weighted by Gasteiger charge is -2.27. The van der Waals surface area contributed by atoms with Crippen molar-refractivity contribution in [3.8, 4) is 0 Å². The monoisotopic (exact) mass is 369 g/mol. The van der Waals surface area contributed by atoms with Crippen LogP contribution in [-0.2, 0) is 20.8 Å². The first-order chi connectivity index (χ1) is 13.1. The second-order valence-corrected chi connectivity index (χ2v) is 6.32. The number of rotatable bonds is 6. The smallest absolute Gasteiger partial charge is 0.340 e. The van der Waals surface area contributed by atoms with E-state index in [0.717, 1.165) is 24.5 Å². The van der Waals surface area contributed by atoms with E-state index in [4.69, 9.17) is 9.47 Å². The molecule has 2 heterocycles. The number of anilines is 1. The molecular formula is C20H23N3O4. The van der Waals surface area contributed by atoms with Gasteiger partial charge in [0, 0.05) is 32.9 Å². The third-order valence-corrected chi connectivity index (χ3v) is 4.33. The summed E-state index contributed by atoms with van der Waals surface area (Å²) in [6.07, 6.45) is 1.48. The number of hydrogen-bond acceptors (Lipinski definition) is 6. The summed E-state index contributed by atoms with van der Waals surface area (Å²) in [5, 5.41) is 0. The van der Waals surface area contributed by atoms with E-state index in [0.29, 0.717) is 25.3 Å². The first-order valence-electron chi connectivity index (χ1n) is 8.87. The largest absolute Gasteiger partial charge is 0.452 e. The third kappa shape index (κ3) is 5.27. The number of benzene rings is 1. The van der Waals surface area contributed by atoms with Crippen molar-refractivity contribution in [2.45, 2.75) is 6.54 Å². The maximum atomic E-state index is 12.2. The van der Waals surface area contributed by atoms with Gasteiger partial charge in [-0.15, -0.1) is 0 Å². The zero-order valence-corrected chi connectivity index (χ0v) is 15.3. The maximum Gasteiger partial charge on any atom is 0.340 e. The molecule has 3 rings (SSSR count). The third-order valence-electron chi connectivity index (χ3n) is 4.33. The van der Waals surface area contributed by atoms with Gasteiger partial charge in [-0.05, 0) is 17.7 Å². The molecule has 1 aromatic carbocycles. The molecule has 2 aromatic rings. The molecule has 0 aliphatic carbocycles. The van der Waals surface area contributed by atoms with Crippen LogP contribution in [0, 0.1) is 0 Å². The molecule has 0 atom stereocenters. The van der Waals surface area contributed by atoms with Gasteiger partial charge in [0.25, 0.3) is 5.91 Å². The SMILES string of the molecule is CN(Cc1ccccc1)C(=O)COC(=O)c1ccc(N2CCOCC2)nc1. The second-order valence-electron chi connectivity index (χ2n) is 6.32. The molecule has 7 nitrogen and oxygen atoms in total. The summed E-state index contributed by atoms with van der Waals surface area (Å²) in [5.41, 5.74) is 1.34. The number of morpholine rings is 1. The van der Waals surface area contributed by atoms with Crippen molar-refractivity contribution in [1.82, 2.24) is 9.88 Å². The molecule has 1 aliphatic rings. The number of pyridine rings is 1. The number of nitrogens with zero attached hydrogens (tertiary/aromatic N) is 3. The van der Waals surface area contributed by atoms with Crippen molar-refractivity contribution in [2.75, 3.05) is 44.9 Å². The van der Waals surface area contributed by atoms with Crippen LogP contribution in [0.1, 0.15) is 15.9 Å². The van der Waals surface area contributed by atoms with Gasteiger partial charge in [-0.1, -0.05) is 30.3 Å². The van der Waals surface area contributed by atoms with Crippen molar-refractivity contribution in [3.05, 3.63) is 59.8 Å². The fourth-order valence-electron chi connectivity index (χ4n) is 2.75. The van der Waals surface area contributed by atoms with Gasteiger partial charge in [-0.3, -0.25) is 4.79 Å². The highest BCUT2D eigenvalue weighted by atomic mass is 16.5. The summed E-state index contributed by atoms with van der Waals surface area (Å²) in [6, 6.07) is 13.1. The number of amides is 1. The fourth-order valence-corrected chi connectivity index (χ4v) is 2.75. The lowest BCUT2D eigenvalue weighted by molar-refractivity contribution is -0.133. The van der Waals surface area contributed by atoms with Crippen LogP contribution in [0.4, 0.5) is 5.82 Å². The van der Waals surface area contributed by atoms with Crippen molar-refractivity contribution in [3.63, 3.8) is 0 Å². The van der Waals surface area contributed by atoms with Gasteiger partial charge < -0.3 is 19.3 Å². The molecule has 1 saturated heterocycles. The Morgan fingerprint density at radius 2 is 1.89 bits per heavy atom. The summed E-state index contributed by atoms with van der Waals surface area (Å²) in [6.45, 7) is 3.06. The van der Waals surface area contributed by atoms with E-state index in [9.17, 15) is 9.59 Å². The normalized spacial score (nSPS) is 13.9. The van der Waals surface area contributed by atoms with E-state index in [1.54, 1.807) is 19.2 Å². The number of carbonyl (C=O) groups excluding carboxylic acids is 2. The molecule has 0 radical (unpaired) electrons. The van der Waals surface area contributed by atoms with Gasteiger partial charge in [-0.2, -0.15) is 0 Å². The van der Waals surface area contributed by atoms with Crippen LogP contribution in [0.2, 0.25) is 0 Å². The quantitative estimate of drug-likeness (QED) is 0.722. The zero-order chi connectivity index (χ0) is 19.1. The number of esters is 1. The Hall–Kier alpha value is -2.93. The average molecular weight is 369 g/mol. The lowest BCUT2D eigenvalue weighted by Crippen LogP contribution is -2.36. The molecule has 0 bridgehead atoms. The zero-order valence-electron chi connectivity index (χ0n) is 15.3. The predicted octanol–water partition coefficient (Wildman–Crippen LogP) is 1.73. The van der Waals surface area contributed by atoms with Crippen LogP contribution in [0.3, 0.4) is 0 Å². The van der Waals surface area contributed by atoms with E-state index in [2.05, 4.69) is 9.88 Å². The molecule has 0 spiro atoms. The molecule has 0 unspecified atom stereocenters. The summed E-state index contributed by atoms with van der Waals surface area (Å²) >= 11 is 0. The van der Waals surface area contributed by atoms with Gasteiger partial charge in [0.2, 0.25) is 0 Å². The Labute approximate surface area is 158 Å². The van der Waals surface area contributed by atoms with Crippen molar-refractivity contribution >= 4 is 17.7 Å². The first-order valence-corrected chi connectivity index (χ1v) is 8.87. The number of ether oxygens (including phenoxy) is 2. The van der Waals surface area contributed by atoms with E-state index < -0.39 is 5.97 Å². The molecule has 1 aliphatic heterocycles. The minimum Gasteiger partial charge on any atom is -0.452 e. The van der Waals surface area contributed by atoms with E-state index in [1.807, 2.05) is 30.3 Å². The summed E-state index contributed by atoms with van der Waals surface area (Å²) in [4.78, 5) is 32.3. The standard InChI is InChI=1S/C20H23N3O4/c1-22(14-16-5-3-2-4-6-16)19(24)15-27-20(25)17-7-8-18(21-13-17)23-9-11-26-12-10-23/h2-8,13H,9-12,14-15H2,1H3. The molecule has 1 fully saturated rings. The molecule has 0 N–H and O–H groups in total. The average Bonchev–Trinajstić information content (AvgIpc) is 2.73. The Balaban J connectivity index is 1.48. The minimum absolute atomic E-state index is 0.259. The van der Waals surface area contributed by atoms with Crippen LogP contribution < -0.4 is 4.90 Å². The number of likely N-dealkylation sites (N-methyl/N-ethyl adjacent to an activating group) is 1. The van der Waals surface area contributed by atoms with Gasteiger partial charge in [0.1, 0.15) is 5.82 Å². The molecular weight excluding hydrogens is 346 g/mol. The highest BCUT2D eigenvalue weighted by Gasteiger charge is 2.16. The molecule has 7 heteroatoms. The maximum absolute atomic E-state index is 12.2. The summed E-state index contributed by atoms with van der Waals surface area (Å²) in [5.74, 6) is -0.0175. The van der Waals surface area contributed by atoms with Gasteiger partial charge in [-0.25, -0.2) is 9.78 Å². The summed E-state index contributed by atoms with van der Waals surface area (Å²) in [7, 11) is 1.68. The molecule has 0 saturated carbocycles. The van der Waals surface area contributed by atoms with E-state index >= 15 is 0 Å². The van der Waals surface area contributed by atoms with Crippen LogP contribution in [-0.4, -0.2) is 61.7 Å². The Bertz CT molecular complexity index is 759. The second kappa shape index (κ2) is 9.14. The molecule has 1 aromatic heterocycles. The Kier molecular flexibility index (Phi) is 6.38. The van der Waals surface area contributed by atoms with Gasteiger partial charge in [0.05, 0.1) is 18.8 Å². The lowest BCUT2D eigenvalue weighted by atomic mass is 10.2. The Morgan fingerprint density at radius 1 is 1.15 bits per heavy atom. The van der Waals surface area contributed by atoms with E-state index in [1.165, 1.54) is 11.1 Å². The molecule has 1 amide bonds.